The van der Waals surface area contributed by atoms with E-state index < -0.39 is 0 Å². The zero-order valence-electron chi connectivity index (χ0n) is 14.6. The van der Waals surface area contributed by atoms with E-state index in [0.29, 0.717) is 38.5 Å². The zero-order valence-corrected chi connectivity index (χ0v) is 14.6. The minimum atomic E-state index is -0.277. The van der Waals surface area contributed by atoms with Crippen molar-refractivity contribution in [1.82, 2.24) is 20.0 Å². The van der Waals surface area contributed by atoms with Gasteiger partial charge >= 0.3 is 0 Å². The molecule has 2 amide bonds. The molecule has 0 bridgehead atoms. The van der Waals surface area contributed by atoms with Crippen LogP contribution in [0.1, 0.15) is 53.8 Å². The Kier molecular flexibility index (Phi) is 4.74. The van der Waals surface area contributed by atoms with Crippen LogP contribution in [-0.4, -0.2) is 70.7 Å². The Hall–Kier alpha value is -1.89. The average molecular weight is 346 g/mol. The van der Waals surface area contributed by atoms with Gasteiger partial charge in [-0.2, -0.15) is 5.10 Å². The molecule has 25 heavy (non-hydrogen) atoms. The summed E-state index contributed by atoms with van der Waals surface area (Å²) in [6.45, 7) is 3.20. The summed E-state index contributed by atoms with van der Waals surface area (Å²) < 4.78 is 5.52. The van der Waals surface area contributed by atoms with Crippen LogP contribution in [0.25, 0.3) is 0 Å². The Balaban J connectivity index is 1.41. The van der Waals surface area contributed by atoms with Gasteiger partial charge in [0, 0.05) is 44.0 Å². The van der Waals surface area contributed by atoms with Gasteiger partial charge in [0.2, 0.25) is 0 Å². The number of carbonyl (C=O) groups excluding carboxylic acids is 2. The molecule has 1 N–H and O–H groups in total. The Bertz CT molecular complexity index is 651. The van der Waals surface area contributed by atoms with Crippen molar-refractivity contribution in [2.24, 2.45) is 0 Å². The highest BCUT2D eigenvalue weighted by Gasteiger charge is 2.31. The molecule has 2 saturated heterocycles. The lowest BCUT2D eigenvalue weighted by Gasteiger charge is -2.24. The van der Waals surface area contributed by atoms with Crippen LogP contribution < -0.4 is 0 Å². The second-order valence-corrected chi connectivity index (χ2v) is 7.21. The highest BCUT2D eigenvalue weighted by molar-refractivity contribution is 5.94. The molecule has 136 valence electrons. The first-order chi connectivity index (χ1) is 12.2. The minimum absolute atomic E-state index is 0.00538. The van der Waals surface area contributed by atoms with Crippen molar-refractivity contribution in [3.8, 4) is 0 Å². The SMILES string of the molecule is O=C(c1n[nH]c2c1CCCC2)N1CCCN(C(=O)C2CCCO2)CC1. The summed E-state index contributed by atoms with van der Waals surface area (Å²) >= 11 is 0. The Labute approximate surface area is 147 Å². The lowest BCUT2D eigenvalue weighted by molar-refractivity contribution is -0.140. The molecule has 3 heterocycles. The topological polar surface area (TPSA) is 78.5 Å². The van der Waals surface area contributed by atoms with Crippen LogP contribution in [0.4, 0.5) is 0 Å². The maximum atomic E-state index is 12.9. The Morgan fingerprint density at radius 1 is 1.00 bits per heavy atom. The fraction of sp³-hybridized carbons (Fsp3) is 0.722. The van der Waals surface area contributed by atoms with E-state index in [1.807, 2.05) is 9.80 Å². The zero-order chi connectivity index (χ0) is 17.2. The quantitative estimate of drug-likeness (QED) is 0.871. The van der Waals surface area contributed by atoms with E-state index in [-0.39, 0.29) is 17.9 Å². The monoisotopic (exact) mass is 346 g/mol. The molecule has 1 aliphatic carbocycles. The molecule has 1 atom stereocenters. The molecule has 0 saturated carbocycles. The van der Waals surface area contributed by atoms with Crippen LogP contribution in [0, 0.1) is 0 Å². The molecule has 1 unspecified atom stereocenters. The van der Waals surface area contributed by atoms with E-state index >= 15 is 0 Å². The Morgan fingerprint density at radius 3 is 2.64 bits per heavy atom. The van der Waals surface area contributed by atoms with E-state index in [1.165, 1.54) is 0 Å². The maximum absolute atomic E-state index is 12.9. The van der Waals surface area contributed by atoms with Crippen molar-refractivity contribution in [3.05, 3.63) is 17.0 Å². The number of aryl methyl sites for hydroxylation is 1. The second-order valence-electron chi connectivity index (χ2n) is 7.21. The number of nitrogens with zero attached hydrogens (tertiary/aromatic N) is 3. The van der Waals surface area contributed by atoms with Gasteiger partial charge in [-0.1, -0.05) is 0 Å². The first-order valence-electron chi connectivity index (χ1n) is 9.50. The molecule has 2 fully saturated rings. The first-order valence-corrected chi connectivity index (χ1v) is 9.50. The molecule has 7 heteroatoms. The van der Waals surface area contributed by atoms with E-state index in [9.17, 15) is 9.59 Å². The van der Waals surface area contributed by atoms with Crippen LogP contribution in [-0.2, 0) is 22.4 Å². The standard InChI is InChI=1S/C18H26N4O3/c23-17(15-7-3-12-25-15)21-8-4-9-22(11-10-21)18(24)16-13-5-1-2-6-14(13)19-20-16/h15H,1-12H2,(H,19,20). The molecule has 0 aromatic carbocycles. The summed E-state index contributed by atoms with van der Waals surface area (Å²) in [6.07, 6.45) is 6.50. The number of H-pyrrole nitrogens is 1. The van der Waals surface area contributed by atoms with Gasteiger partial charge in [0.25, 0.3) is 11.8 Å². The predicted octanol–water partition coefficient (Wildman–Crippen LogP) is 1.14. The van der Waals surface area contributed by atoms with Gasteiger partial charge in [-0.25, -0.2) is 0 Å². The van der Waals surface area contributed by atoms with Gasteiger partial charge in [0.1, 0.15) is 6.10 Å². The number of ether oxygens (including phenoxy) is 1. The predicted molar refractivity (Wildman–Crippen MR) is 91.3 cm³/mol. The molecule has 0 radical (unpaired) electrons. The summed E-state index contributed by atoms with van der Waals surface area (Å²) in [6, 6.07) is 0. The number of aromatic amines is 1. The third-order valence-corrected chi connectivity index (χ3v) is 5.56. The van der Waals surface area contributed by atoms with E-state index in [1.54, 1.807) is 0 Å². The van der Waals surface area contributed by atoms with Crippen LogP contribution in [0.2, 0.25) is 0 Å². The fourth-order valence-electron chi connectivity index (χ4n) is 4.12. The molecule has 3 aliphatic rings. The third-order valence-electron chi connectivity index (χ3n) is 5.56. The summed E-state index contributed by atoms with van der Waals surface area (Å²) in [5.74, 6) is 0.0924. The molecule has 2 aliphatic heterocycles. The van der Waals surface area contributed by atoms with Crippen molar-refractivity contribution in [2.45, 2.75) is 51.0 Å². The second kappa shape index (κ2) is 7.15. The molecule has 7 nitrogen and oxygen atoms in total. The number of hydrogen-bond donors (Lipinski definition) is 1. The number of amides is 2. The third kappa shape index (κ3) is 3.29. The summed E-state index contributed by atoms with van der Waals surface area (Å²) in [7, 11) is 0. The van der Waals surface area contributed by atoms with Crippen molar-refractivity contribution in [3.63, 3.8) is 0 Å². The van der Waals surface area contributed by atoms with Crippen LogP contribution >= 0.6 is 0 Å². The highest BCUT2D eigenvalue weighted by atomic mass is 16.5. The molecule has 1 aromatic heterocycles. The lowest BCUT2D eigenvalue weighted by atomic mass is 9.95. The number of carbonyl (C=O) groups is 2. The number of fused-ring (bicyclic) bond motifs is 1. The van der Waals surface area contributed by atoms with Gasteiger partial charge in [0.05, 0.1) is 0 Å². The molecular formula is C18H26N4O3. The largest absolute Gasteiger partial charge is 0.368 e. The molecule has 0 spiro atoms. The van der Waals surface area contributed by atoms with Gasteiger partial charge < -0.3 is 14.5 Å². The molecule has 4 rings (SSSR count). The number of nitrogens with one attached hydrogen (secondary N) is 1. The average Bonchev–Trinajstić information content (AvgIpc) is 3.25. The summed E-state index contributed by atoms with van der Waals surface area (Å²) in [4.78, 5) is 29.2. The van der Waals surface area contributed by atoms with Gasteiger partial charge in [-0.3, -0.25) is 14.7 Å². The number of aromatic nitrogens is 2. The maximum Gasteiger partial charge on any atom is 0.274 e. The smallest absolute Gasteiger partial charge is 0.274 e. The van der Waals surface area contributed by atoms with Crippen LogP contribution in [0.15, 0.2) is 0 Å². The fourth-order valence-corrected chi connectivity index (χ4v) is 4.12. The Morgan fingerprint density at radius 2 is 1.80 bits per heavy atom. The highest BCUT2D eigenvalue weighted by Crippen LogP contribution is 2.23. The first kappa shape index (κ1) is 16.6. The van der Waals surface area contributed by atoms with E-state index in [0.717, 1.165) is 56.2 Å². The molecule has 1 aromatic rings. The van der Waals surface area contributed by atoms with Gasteiger partial charge in [-0.15, -0.1) is 0 Å². The number of hydrogen-bond acceptors (Lipinski definition) is 4. The lowest BCUT2D eigenvalue weighted by Crippen LogP contribution is -2.42. The van der Waals surface area contributed by atoms with Crippen LogP contribution in [0.5, 0.6) is 0 Å². The summed E-state index contributed by atoms with van der Waals surface area (Å²) in [5, 5.41) is 7.35. The van der Waals surface area contributed by atoms with Crippen LogP contribution in [0.3, 0.4) is 0 Å². The van der Waals surface area contributed by atoms with Crippen molar-refractivity contribution < 1.29 is 14.3 Å². The van der Waals surface area contributed by atoms with E-state index in [2.05, 4.69) is 10.2 Å². The van der Waals surface area contributed by atoms with Gasteiger partial charge in [-0.05, 0) is 44.9 Å². The molecular weight excluding hydrogens is 320 g/mol. The summed E-state index contributed by atoms with van der Waals surface area (Å²) in [5.41, 5.74) is 2.82. The van der Waals surface area contributed by atoms with Crippen molar-refractivity contribution in [1.29, 1.82) is 0 Å². The van der Waals surface area contributed by atoms with Gasteiger partial charge in [0.15, 0.2) is 5.69 Å². The minimum Gasteiger partial charge on any atom is -0.368 e. The normalized spacial score (nSPS) is 24.1. The van der Waals surface area contributed by atoms with Crippen molar-refractivity contribution in [2.75, 3.05) is 32.8 Å². The number of rotatable bonds is 2. The van der Waals surface area contributed by atoms with Crippen molar-refractivity contribution >= 4 is 11.8 Å². The van der Waals surface area contributed by atoms with E-state index in [4.69, 9.17) is 4.74 Å².